The van der Waals surface area contributed by atoms with Gasteiger partial charge < -0.3 is 9.47 Å². The molecule has 0 aliphatic carbocycles. The van der Waals surface area contributed by atoms with Gasteiger partial charge in [0.1, 0.15) is 11.5 Å². The number of hydrogen-bond acceptors (Lipinski definition) is 5. The van der Waals surface area contributed by atoms with Crippen molar-refractivity contribution in [1.29, 1.82) is 0 Å². The lowest BCUT2D eigenvalue weighted by atomic mass is 10.0. The first-order chi connectivity index (χ1) is 12.1. The molecule has 0 aromatic heterocycles. The maximum atomic E-state index is 11.3. The van der Waals surface area contributed by atoms with Gasteiger partial charge in [0.25, 0.3) is 5.69 Å². The Morgan fingerprint density at radius 3 is 2.72 bits per heavy atom. The van der Waals surface area contributed by atoms with E-state index >= 15 is 0 Å². The van der Waals surface area contributed by atoms with Crippen molar-refractivity contribution in [3.05, 3.63) is 63.7 Å². The highest BCUT2D eigenvalue weighted by atomic mass is 16.6. The van der Waals surface area contributed by atoms with E-state index in [1.165, 1.54) is 0 Å². The SMILES string of the molecule is COc1ccc(OC)c(C2CCCN2Cc2ccccc2[N+](=O)[O-])c1. The summed E-state index contributed by atoms with van der Waals surface area (Å²) in [7, 11) is 3.30. The average molecular weight is 342 g/mol. The van der Waals surface area contributed by atoms with Crippen LogP contribution in [0, 0.1) is 10.1 Å². The number of ether oxygens (including phenoxy) is 2. The molecule has 3 rings (SSSR count). The third kappa shape index (κ3) is 3.58. The number of nitrogens with zero attached hydrogens (tertiary/aromatic N) is 2. The van der Waals surface area contributed by atoms with Crippen LogP contribution in [0.2, 0.25) is 0 Å². The molecule has 0 N–H and O–H groups in total. The molecule has 6 nitrogen and oxygen atoms in total. The first-order valence-corrected chi connectivity index (χ1v) is 8.32. The van der Waals surface area contributed by atoms with Crippen molar-refractivity contribution in [2.45, 2.75) is 25.4 Å². The summed E-state index contributed by atoms with van der Waals surface area (Å²) in [6.07, 6.45) is 2.04. The Balaban J connectivity index is 1.90. The summed E-state index contributed by atoms with van der Waals surface area (Å²) in [5.74, 6) is 1.61. The highest BCUT2D eigenvalue weighted by molar-refractivity contribution is 5.43. The summed E-state index contributed by atoms with van der Waals surface area (Å²) >= 11 is 0. The molecule has 0 saturated carbocycles. The Morgan fingerprint density at radius 2 is 2.00 bits per heavy atom. The molecular weight excluding hydrogens is 320 g/mol. The van der Waals surface area contributed by atoms with Crippen LogP contribution in [0.5, 0.6) is 11.5 Å². The molecule has 2 aromatic carbocycles. The number of methoxy groups -OCH3 is 2. The topological polar surface area (TPSA) is 64.8 Å². The third-order valence-electron chi connectivity index (χ3n) is 4.72. The highest BCUT2D eigenvalue weighted by Crippen LogP contribution is 2.40. The quantitative estimate of drug-likeness (QED) is 0.587. The van der Waals surface area contributed by atoms with E-state index in [0.29, 0.717) is 6.54 Å². The van der Waals surface area contributed by atoms with Gasteiger partial charge in [-0.2, -0.15) is 0 Å². The van der Waals surface area contributed by atoms with Gasteiger partial charge in [-0.15, -0.1) is 0 Å². The van der Waals surface area contributed by atoms with Crippen LogP contribution in [-0.4, -0.2) is 30.6 Å². The number of para-hydroxylation sites is 1. The van der Waals surface area contributed by atoms with E-state index < -0.39 is 0 Å². The molecule has 1 heterocycles. The average Bonchev–Trinajstić information content (AvgIpc) is 3.09. The van der Waals surface area contributed by atoms with Crippen LogP contribution in [0.15, 0.2) is 42.5 Å². The van der Waals surface area contributed by atoms with E-state index in [1.807, 2.05) is 30.3 Å². The Labute approximate surface area is 147 Å². The van der Waals surface area contributed by atoms with Gasteiger partial charge in [-0.1, -0.05) is 18.2 Å². The van der Waals surface area contributed by atoms with Crippen molar-refractivity contribution in [3.8, 4) is 11.5 Å². The zero-order valence-electron chi connectivity index (χ0n) is 14.5. The fourth-order valence-electron chi connectivity index (χ4n) is 3.51. The maximum absolute atomic E-state index is 11.3. The molecule has 0 spiro atoms. The van der Waals surface area contributed by atoms with Gasteiger partial charge in [0, 0.05) is 29.8 Å². The molecular formula is C19H22N2O4. The minimum absolute atomic E-state index is 0.157. The number of nitro groups is 1. The van der Waals surface area contributed by atoms with Crippen LogP contribution in [-0.2, 0) is 6.54 Å². The lowest BCUT2D eigenvalue weighted by Crippen LogP contribution is -2.23. The predicted molar refractivity (Wildman–Crippen MR) is 95.0 cm³/mol. The van der Waals surface area contributed by atoms with Gasteiger partial charge in [-0.05, 0) is 37.6 Å². The second kappa shape index (κ2) is 7.53. The maximum Gasteiger partial charge on any atom is 0.273 e. The van der Waals surface area contributed by atoms with E-state index in [-0.39, 0.29) is 16.7 Å². The third-order valence-corrected chi connectivity index (χ3v) is 4.72. The van der Waals surface area contributed by atoms with Crippen molar-refractivity contribution < 1.29 is 14.4 Å². The number of benzene rings is 2. The van der Waals surface area contributed by atoms with Gasteiger partial charge in [0.15, 0.2) is 0 Å². The smallest absolute Gasteiger partial charge is 0.273 e. The Morgan fingerprint density at radius 1 is 1.20 bits per heavy atom. The molecule has 0 amide bonds. The molecule has 1 aliphatic rings. The van der Waals surface area contributed by atoms with Crippen LogP contribution >= 0.6 is 0 Å². The van der Waals surface area contributed by atoms with Crippen molar-refractivity contribution in [3.63, 3.8) is 0 Å². The Hall–Kier alpha value is -2.60. The van der Waals surface area contributed by atoms with Crippen LogP contribution in [0.1, 0.15) is 30.0 Å². The van der Waals surface area contributed by atoms with Gasteiger partial charge in [0.05, 0.1) is 19.1 Å². The number of nitro benzene ring substituents is 1. The van der Waals surface area contributed by atoms with Crippen molar-refractivity contribution in [2.24, 2.45) is 0 Å². The normalized spacial score (nSPS) is 17.4. The number of likely N-dealkylation sites (tertiary alicyclic amines) is 1. The second-order valence-corrected chi connectivity index (χ2v) is 6.12. The summed E-state index contributed by atoms with van der Waals surface area (Å²) in [6.45, 7) is 1.44. The van der Waals surface area contributed by atoms with Crippen molar-refractivity contribution >= 4 is 5.69 Å². The molecule has 132 valence electrons. The van der Waals surface area contributed by atoms with E-state index in [0.717, 1.165) is 42.0 Å². The fourth-order valence-corrected chi connectivity index (χ4v) is 3.51. The van der Waals surface area contributed by atoms with Crippen molar-refractivity contribution in [2.75, 3.05) is 20.8 Å². The van der Waals surface area contributed by atoms with Gasteiger partial charge in [-0.25, -0.2) is 0 Å². The van der Waals surface area contributed by atoms with Crippen LogP contribution in [0.3, 0.4) is 0 Å². The molecule has 0 radical (unpaired) electrons. The monoisotopic (exact) mass is 342 g/mol. The molecule has 0 bridgehead atoms. The van der Waals surface area contributed by atoms with Gasteiger partial charge in [0.2, 0.25) is 0 Å². The van der Waals surface area contributed by atoms with Crippen LogP contribution in [0.25, 0.3) is 0 Å². The van der Waals surface area contributed by atoms with E-state index in [2.05, 4.69) is 4.90 Å². The minimum Gasteiger partial charge on any atom is -0.497 e. The molecule has 1 unspecified atom stereocenters. The van der Waals surface area contributed by atoms with E-state index in [9.17, 15) is 10.1 Å². The fraction of sp³-hybridized carbons (Fsp3) is 0.368. The standard InChI is InChI=1S/C19H22N2O4/c1-24-15-9-10-19(25-2)16(12-15)18-8-5-11-20(18)13-14-6-3-4-7-17(14)21(22)23/h3-4,6-7,9-10,12,18H,5,8,11,13H2,1-2H3. The summed E-state index contributed by atoms with van der Waals surface area (Å²) in [4.78, 5) is 13.2. The molecule has 1 fully saturated rings. The van der Waals surface area contributed by atoms with Crippen molar-refractivity contribution in [1.82, 2.24) is 4.90 Å². The minimum atomic E-state index is -0.313. The number of rotatable bonds is 6. The predicted octanol–water partition coefficient (Wildman–Crippen LogP) is 3.95. The zero-order valence-corrected chi connectivity index (χ0v) is 14.5. The second-order valence-electron chi connectivity index (χ2n) is 6.12. The number of hydrogen-bond donors (Lipinski definition) is 0. The van der Waals surface area contributed by atoms with Crippen LogP contribution < -0.4 is 9.47 Å². The molecule has 1 aliphatic heterocycles. The summed E-state index contributed by atoms with van der Waals surface area (Å²) < 4.78 is 10.9. The first-order valence-electron chi connectivity index (χ1n) is 8.32. The summed E-state index contributed by atoms with van der Waals surface area (Å²) in [6, 6.07) is 12.9. The lowest BCUT2D eigenvalue weighted by Gasteiger charge is -2.26. The molecule has 25 heavy (non-hydrogen) atoms. The molecule has 2 aromatic rings. The van der Waals surface area contributed by atoms with Gasteiger partial charge >= 0.3 is 0 Å². The molecule has 1 atom stereocenters. The zero-order chi connectivity index (χ0) is 17.8. The van der Waals surface area contributed by atoms with E-state index in [4.69, 9.17) is 9.47 Å². The highest BCUT2D eigenvalue weighted by Gasteiger charge is 2.30. The van der Waals surface area contributed by atoms with Crippen LogP contribution in [0.4, 0.5) is 5.69 Å². The Kier molecular flexibility index (Phi) is 5.19. The first kappa shape index (κ1) is 17.2. The molecule has 1 saturated heterocycles. The summed E-state index contributed by atoms with van der Waals surface area (Å²) in [5, 5.41) is 11.3. The largest absolute Gasteiger partial charge is 0.497 e. The Bertz CT molecular complexity index is 763. The summed E-state index contributed by atoms with van der Waals surface area (Å²) in [5.41, 5.74) is 1.98. The van der Waals surface area contributed by atoms with E-state index in [1.54, 1.807) is 26.4 Å². The lowest BCUT2D eigenvalue weighted by molar-refractivity contribution is -0.385. The molecule has 6 heteroatoms. The van der Waals surface area contributed by atoms with Gasteiger partial charge in [-0.3, -0.25) is 15.0 Å².